The molecule has 1 aromatic carbocycles. The first kappa shape index (κ1) is 13.9. The van der Waals surface area contributed by atoms with Crippen molar-refractivity contribution < 1.29 is 9.90 Å². The summed E-state index contributed by atoms with van der Waals surface area (Å²) in [5, 5.41) is 12.4. The van der Waals surface area contributed by atoms with E-state index in [0.717, 1.165) is 11.3 Å². The van der Waals surface area contributed by atoms with Gasteiger partial charge in [-0.15, -0.1) is 0 Å². The van der Waals surface area contributed by atoms with Gasteiger partial charge >= 0.3 is 0 Å². The number of benzene rings is 1. The standard InChI is InChI=1S/C13H19NO2S/c1-9(8-17-3)7-14-13(16)11-5-4-10(2)12(15)6-11/h4-6,9,15H,7-8H2,1-3H3,(H,14,16). The molecule has 0 bridgehead atoms. The number of thioether (sulfide) groups is 1. The Bertz CT molecular complexity index is 393. The zero-order chi connectivity index (χ0) is 12.8. The van der Waals surface area contributed by atoms with Gasteiger partial charge in [0, 0.05) is 12.1 Å². The summed E-state index contributed by atoms with van der Waals surface area (Å²) < 4.78 is 0. The third kappa shape index (κ3) is 4.30. The predicted molar refractivity (Wildman–Crippen MR) is 72.7 cm³/mol. The maximum atomic E-state index is 11.8. The highest BCUT2D eigenvalue weighted by atomic mass is 32.2. The summed E-state index contributed by atoms with van der Waals surface area (Å²) in [7, 11) is 0. The molecule has 2 N–H and O–H groups in total. The lowest BCUT2D eigenvalue weighted by molar-refractivity contribution is 0.0949. The lowest BCUT2D eigenvalue weighted by Crippen LogP contribution is -2.29. The maximum absolute atomic E-state index is 11.8. The van der Waals surface area contributed by atoms with Gasteiger partial charge in [0.05, 0.1) is 0 Å². The van der Waals surface area contributed by atoms with Crippen LogP contribution in [-0.2, 0) is 0 Å². The summed E-state index contributed by atoms with van der Waals surface area (Å²) in [5.74, 6) is 1.51. The number of aryl methyl sites for hydroxylation is 1. The number of phenols is 1. The van der Waals surface area contributed by atoms with E-state index in [1.54, 1.807) is 30.8 Å². The molecule has 0 saturated heterocycles. The van der Waals surface area contributed by atoms with Crippen molar-refractivity contribution >= 4 is 17.7 Å². The van der Waals surface area contributed by atoms with Crippen LogP contribution >= 0.6 is 11.8 Å². The zero-order valence-corrected chi connectivity index (χ0v) is 11.3. The van der Waals surface area contributed by atoms with Crippen LogP contribution in [0.1, 0.15) is 22.8 Å². The van der Waals surface area contributed by atoms with Crippen molar-refractivity contribution in [3.63, 3.8) is 0 Å². The summed E-state index contributed by atoms with van der Waals surface area (Å²) >= 11 is 1.77. The van der Waals surface area contributed by atoms with Gasteiger partial charge in [0.25, 0.3) is 5.91 Å². The Balaban J connectivity index is 2.55. The van der Waals surface area contributed by atoms with Crippen LogP contribution in [-0.4, -0.2) is 29.6 Å². The van der Waals surface area contributed by atoms with E-state index in [9.17, 15) is 9.90 Å². The molecule has 1 aromatic rings. The van der Waals surface area contributed by atoms with Gasteiger partial charge in [-0.25, -0.2) is 0 Å². The van der Waals surface area contributed by atoms with Gasteiger partial charge in [-0.1, -0.05) is 13.0 Å². The molecule has 0 spiro atoms. The smallest absolute Gasteiger partial charge is 0.251 e. The molecule has 3 nitrogen and oxygen atoms in total. The minimum Gasteiger partial charge on any atom is -0.508 e. The largest absolute Gasteiger partial charge is 0.508 e. The van der Waals surface area contributed by atoms with Crippen molar-refractivity contribution in [1.82, 2.24) is 5.32 Å². The SMILES string of the molecule is CSCC(C)CNC(=O)c1ccc(C)c(O)c1. The number of amides is 1. The highest BCUT2D eigenvalue weighted by molar-refractivity contribution is 7.98. The summed E-state index contributed by atoms with van der Waals surface area (Å²) in [6.07, 6.45) is 2.05. The number of hydrogen-bond donors (Lipinski definition) is 2. The summed E-state index contributed by atoms with van der Waals surface area (Å²) in [6.45, 7) is 4.56. The lowest BCUT2D eigenvalue weighted by atomic mass is 10.1. The molecule has 0 radical (unpaired) electrons. The second kappa shape index (κ2) is 6.55. The van der Waals surface area contributed by atoms with E-state index in [1.807, 2.05) is 0 Å². The van der Waals surface area contributed by atoms with E-state index in [4.69, 9.17) is 0 Å². The summed E-state index contributed by atoms with van der Waals surface area (Å²) in [5.41, 5.74) is 1.28. The molecule has 0 fully saturated rings. The van der Waals surface area contributed by atoms with Crippen LogP contribution in [0.25, 0.3) is 0 Å². The molecule has 0 aromatic heterocycles. The Morgan fingerprint density at radius 2 is 2.24 bits per heavy atom. The third-order valence-corrected chi connectivity index (χ3v) is 3.44. The van der Waals surface area contributed by atoms with Gasteiger partial charge < -0.3 is 10.4 Å². The van der Waals surface area contributed by atoms with Crippen LogP contribution in [0.4, 0.5) is 0 Å². The fourth-order valence-electron chi connectivity index (χ4n) is 1.46. The second-order valence-corrected chi connectivity index (χ2v) is 5.18. The summed E-state index contributed by atoms with van der Waals surface area (Å²) in [6, 6.07) is 4.98. The molecular weight excluding hydrogens is 234 g/mol. The Labute approximate surface area is 107 Å². The van der Waals surface area contributed by atoms with E-state index in [-0.39, 0.29) is 11.7 Å². The monoisotopic (exact) mass is 253 g/mol. The van der Waals surface area contributed by atoms with E-state index < -0.39 is 0 Å². The summed E-state index contributed by atoms with van der Waals surface area (Å²) in [4.78, 5) is 11.8. The average Bonchev–Trinajstić information content (AvgIpc) is 2.30. The van der Waals surface area contributed by atoms with Crippen LogP contribution in [0.2, 0.25) is 0 Å². The van der Waals surface area contributed by atoms with Crippen LogP contribution < -0.4 is 5.32 Å². The Morgan fingerprint density at radius 1 is 1.53 bits per heavy atom. The Morgan fingerprint density at radius 3 is 2.82 bits per heavy atom. The van der Waals surface area contributed by atoms with Crippen molar-refractivity contribution in [1.29, 1.82) is 0 Å². The fraction of sp³-hybridized carbons (Fsp3) is 0.462. The van der Waals surface area contributed by atoms with Crippen LogP contribution in [0.5, 0.6) is 5.75 Å². The maximum Gasteiger partial charge on any atom is 0.251 e. The van der Waals surface area contributed by atoms with Crippen LogP contribution in [0.3, 0.4) is 0 Å². The van der Waals surface area contributed by atoms with Gasteiger partial charge in [-0.2, -0.15) is 11.8 Å². The van der Waals surface area contributed by atoms with Gasteiger partial charge in [-0.05, 0) is 42.5 Å². The van der Waals surface area contributed by atoms with Gasteiger partial charge in [-0.3, -0.25) is 4.79 Å². The number of rotatable bonds is 5. The molecule has 0 aliphatic rings. The molecule has 0 aliphatic heterocycles. The predicted octanol–water partition coefficient (Wildman–Crippen LogP) is 2.43. The topological polar surface area (TPSA) is 49.3 Å². The van der Waals surface area contributed by atoms with Crippen molar-refractivity contribution in [3.8, 4) is 5.75 Å². The quantitative estimate of drug-likeness (QED) is 0.847. The fourth-order valence-corrected chi connectivity index (χ4v) is 2.15. The van der Waals surface area contributed by atoms with Crippen LogP contribution in [0, 0.1) is 12.8 Å². The molecule has 1 rings (SSSR count). The first-order valence-corrected chi connectivity index (χ1v) is 7.00. The van der Waals surface area contributed by atoms with Crippen molar-refractivity contribution in [2.45, 2.75) is 13.8 Å². The highest BCUT2D eigenvalue weighted by Crippen LogP contribution is 2.17. The van der Waals surface area contributed by atoms with E-state index >= 15 is 0 Å². The first-order chi connectivity index (χ1) is 8.04. The minimum atomic E-state index is -0.131. The Hall–Kier alpha value is -1.16. The number of nitrogens with one attached hydrogen (secondary N) is 1. The van der Waals surface area contributed by atoms with Gasteiger partial charge in [0.15, 0.2) is 0 Å². The first-order valence-electron chi connectivity index (χ1n) is 5.61. The zero-order valence-electron chi connectivity index (χ0n) is 10.5. The molecule has 4 heteroatoms. The molecule has 1 atom stereocenters. The van der Waals surface area contributed by atoms with E-state index in [0.29, 0.717) is 18.0 Å². The molecule has 0 saturated carbocycles. The molecule has 17 heavy (non-hydrogen) atoms. The molecule has 94 valence electrons. The third-order valence-electron chi connectivity index (χ3n) is 2.53. The number of carbonyl (C=O) groups is 1. The molecular formula is C13H19NO2S. The minimum absolute atomic E-state index is 0.131. The van der Waals surface area contributed by atoms with Gasteiger partial charge in [0.1, 0.15) is 5.75 Å². The number of phenolic OH excluding ortho intramolecular Hbond substituents is 1. The van der Waals surface area contributed by atoms with Crippen molar-refractivity contribution in [2.24, 2.45) is 5.92 Å². The normalized spacial score (nSPS) is 12.2. The van der Waals surface area contributed by atoms with E-state index in [1.165, 1.54) is 6.07 Å². The molecule has 1 unspecified atom stereocenters. The molecule has 0 aliphatic carbocycles. The molecule has 1 amide bonds. The second-order valence-electron chi connectivity index (χ2n) is 4.27. The highest BCUT2D eigenvalue weighted by Gasteiger charge is 2.09. The van der Waals surface area contributed by atoms with Gasteiger partial charge in [0.2, 0.25) is 0 Å². The lowest BCUT2D eigenvalue weighted by Gasteiger charge is -2.11. The van der Waals surface area contributed by atoms with E-state index in [2.05, 4.69) is 18.5 Å². The molecule has 0 heterocycles. The van der Waals surface area contributed by atoms with Crippen LogP contribution in [0.15, 0.2) is 18.2 Å². The average molecular weight is 253 g/mol. The van der Waals surface area contributed by atoms with Crippen molar-refractivity contribution in [3.05, 3.63) is 29.3 Å². The number of carbonyl (C=O) groups excluding carboxylic acids is 1. The van der Waals surface area contributed by atoms with Crippen molar-refractivity contribution in [2.75, 3.05) is 18.6 Å². The number of hydrogen-bond acceptors (Lipinski definition) is 3. The Kier molecular flexibility index (Phi) is 5.35. The number of aromatic hydroxyl groups is 1.